The highest BCUT2D eigenvalue weighted by Crippen LogP contribution is 2.09. The van der Waals surface area contributed by atoms with Crippen molar-refractivity contribution in [2.75, 3.05) is 32.7 Å². The Balaban J connectivity index is 2.60. The van der Waals surface area contributed by atoms with Crippen molar-refractivity contribution in [2.45, 2.75) is 33.7 Å². The summed E-state index contributed by atoms with van der Waals surface area (Å²) in [5.41, 5.74) is 7.38. The molecule has 0 saturated carbocycles. The Kier molecular flexibility index (Phi) is 8.01. The van der Waals surface area contributed by atoms with Gasteiger partial charge in [-0.1, -0.05) is 26.0 Å². The van der Waals surface area contributed by atoms with Gasteiger partial charge in [-0.15, -0.1) is 0 Å². The van der Waals surface area contributed by atoms with Gasteiger partial charge < -0.3 is 15.5 Å². The van der Waals surface area contributed by atoms with E-state index in [0.29, 0.717) is 6.54 Å². The monoisotopic (exact) mass is 291 g/mol. The average Bonchev–Trinajstić information content (AvgIpc) is 2.54. The zero-order valence-electron chi connectivity index (χ0n) is 13.6. The van der Waals surface area contributed by atoms with Gasteiger partial charge in [0.1, 0.15) is 0 Å². The smallest absolute Gasteiger partial charge is 0.253 e. The predicted octanol–water partition coefficient (Wildman–Crippen LogP) is 2.34. The third kappa shape index (κ3) is 5.48. The quantitative estimate of drug-likeness (QED) is 0.760. The fourth-order valence-electron chi connectivity index (χ4n) is 2.44. The number of nitrogens with two attached hydrogens (primary N) is 1. The number of rotatable bonds is 9. The number of amides is 1. The van der Waals surface area contributed by atoms with Crippen molar-refractivity contribution >= 4 is 5.91 Å². The van der Waals surface area contributed by atoms with Crippen molar-refractivity contribution in [2.24, 2.45) is 5.73 Å². The number of carbonyl (C=O) groups is 1. The van der Waals surface area contributed by atoms with Gasteiger partial charge in [-0.05, 0) is 50.7 Å². The Morgan fingerprint density at radius 2 is 1.81 bits per heavy atom. The summed E-state index contributed by atoms with van der Waals surface area (Å²) in [4.78, 5) is 16.8. The van der Waals surface area contributed by atoms with Crippen LogP contribution < -0.4 is 5.73 Å². The molecule has 0 aliphatic heterocycles. The maximum absolute atomic E-state index is 12.5. The van der Waals surface area contributed by atoms with Crippen LogP contribution in [0.2, 0.25) is 0 Å². The summed E-state index contributed by atoms with van der Waals surface area (Å²) in [7, 11) is 0. The van der Waals surface area contributed by atoms with Crippen LogP contribution in [0.25, 0.3) is 0 Å². The lowest BCUT2D eigenvalue weighted by atomic mass is 10.1. The van der Waals surface area contributed by atoms with E-state index in [0.717, 1.165) is 50.3 Å². The highest BCUT2D eigenvalue weighted by atomic mass is 16.2. The molecular weight excluding hydrogens is 262 g/mol. The van der Waals surface area contributed by atoms with Crippen LogP contribution in [-0.2, 0) is 6.54 Å². The Morgan fingerprint density at radius 1 is 1.10 bits per heavy atom. The minimum absolute atomic E-state index is 0.104. The summed E-state index contributed by atoms with van der Waals surface area (Å²) in [6.45, 7) is 11.6. The highest BCUT2D eigenvalue weighted by Gasteiger charge is 2.14. The molecule has 0 aliphatic rings. The van der Waals surface area contributed by atoms with Gasteiger partial charge in [0, 0.05) is 25.2 Å². The zero-order valence-corrected chi connectivity index (χ0v) is 13.6. The van der Waals surface area contributed by atoms with Crippen LogP contribution in [0, 0.1) is 0 Å². The molecule has 0 radical (unpaired) electrons. The molecule has 4 nitrogen and oxygen atoms in total. The first-order chi connectivity index (χ1) is 10.2. The third-order valence-electron chi connectivity index (χ3n) is 3.88. The Hall–Kier alpha value is -1.39. The molecule has 1 amide bonds. The first kappa shape index (κ1) is 17.7. The first-order valence-corrected chi connectivity index (χ1v) is 7.96. The molecule has 0 heterocycles. The van der Waals surface area contributed by atoms with Crippen LogP contribution in [0.4, 0.5) is 0 Å². The second-order valence-corrected chi connectivity index (χ2v) is 5.17. The maximum Gasteiger partial charge on any atom is 0.253 e. The maximum atomic E-state index is 12.5. The van der Waals surface area contributed by atoms with Crippen LogP contribution in [0.3, 0.4) is 0 Å². The molecule has 0 bridgehead atoms. The minimum Gasteiger partial charge on any atom is -0.339 e. The van der Waals surface area contributed by atoms with E-state index in [1.165, 1.54) is 0 Å². The van der Waals surface area contributed by atoms with Crippen LogP contribution >= 0.6 is 0 Å². The molecule has 4 heteroatoms. The van der Waals surface area contributed by atoms with E-state index in [1.54, 1.807) is 0 Å². The van der Waals surface area contributed by atoms with Crippen molar-refractivity contribution < 1.29 is 4.79 Å². The predicted molar refractivity (Wildman–Crippen MR) is 88.3 cm³/mol. The van der Waals surface area contributed by atoms with Crippen molar-refractivity contribution in [1.29, 1.82) is 0 Å². The number of benzene rings is 1. The first-order valence-electron chi connectivity index (χ1n) is 7.96. The molecule has 0 aliphatic carbocycles. The molecule has 0 spiro atoms. The molecule has 118 valence electrons. The van der Waals surface area contributed by atoms with E-state index in [4.69, 9.17) is 5.73 Å². The number of hydrogen-bond acceptors (Lipinski definition) is 3. The number of carbonyl (C=O) groups excluding carboxylic acids is 1. The van der Waals surface area contributed by atoms with Crippen LogP contribution in [-0.4, -0.2) is 48.4 Å². The number of hydrogen-bond donors (Lipinski definition) is 1. The summed E-state index contributed by atoms with van der Waals surface area (Å²) in [5, 5.41) is 0. The van der Waals surface area contributed by atoms with Crippen molar-refractivity contribution in [3.8, 4) is 0 Å². The molecule has 0 saturated heterocycles. The average molecular weight is 291 g/mol. The lowest BCUT2D eigenvalue weighted by Gasteiger charge is -2.24. The summed E-state index contributed by atoms with van der Waals surface area (Å²) in [5.74, 6) is 0.104. The molecule has 1 aromatic rings. The number of nitrogens with zero attached hydrogens (tertiary/aromatic N) is 2. The van der Waals surface area contributed by atoms with Crippen LogP contribution in [0.5, 0.6) is 0 Å². The van der Waals surface area contributed by atoms with E-state index >= 15 is 0 Å². The van der Waals surface area contributed by atoms with Gasteiger partial charge in [0.2, 0.25) is 0 Å². The van der Waals surface area contributed by atoms with E-state index in [1.807, 2.05) is 36.1 Å². The Labute approximate surface area is 128 Å². The molecule has 21 heavy (non-hydrogen) atoms. The zero-order chi connectivity index (χ0) is 15.7. The Morgan fingerprint density at radius 3 is 2.38 bits per heavy atom. The normalized spacial score (nSPS) is 10.9. The lowest BCUT2D eigenvalue weighted by Crippen LogP contribution is -2.34. The fourth-order valence-corrected chi connectivity index (χ4v) is 2.44. The summed E-state index contributed by atoms with van der Waals surface area (Å²) in [6, 6.07) is 7.62. The third-order valence-corrected chi connectivity index (χ3v) is 3.88. The van der Waals surface area contributed by atoms with Crippen molar-refractivity contribution in [3.63, 3.8) is 0 Å². The highest BCUT2D eigenvalue weighted by molar-refractivity contribution is 5.94. The molecule has 1 rings (SSSR count). The Bertz CT molecular complexity index is 430. The second-order valence-electron chi connectivity index (χ2n) is 5.17. The van der Waals surface area contributed by atoms with E-state index < -0.39 is 0 Å². The van der Waals surface area contributed by atoms with Gasteiger partial charge >= 0.3 is 0 Å². The van der Waals surface area contributed by atoms with E-state index in [-0.39, 0.29) is 5.91 Å². The molecule has 1 aromatic carbocycles. The molecule has 0 aromatic heterocycles. The second kappa shape index (κ2) is 9.53. The molecule has 0 atom stereocenters. The lowest BCUT2D eigenvalue weighted by molar-refractivity contribution is 0.0757. The van der Waals surface area contributed by atoms with Gasteiger partial charge in [-0.25, -0.2) is 0 Å². The summed E-state index contributed by atoms with van der Waals surface area (Å²) < 4.78 is 0. The van der Waals surface area contributed by atoms with E-state index in [2.05, 4.69) is 18.7 Å². The minimum atomic E-state index is 0.104. The summed E-state index contributed by atoms with van der Waals surface area (Å²) >= 11 is 0. The van der Waals surface area contributed by atoms with E-state index in [9.17, 15) is 4.79 Å². The molecule has 0 unspecified atom stereocenters. The van der Waals surface area contributed by atoms with Crippen LogP contribution in [0.15, 0.2) is 24.3 Å². The summed E-state index contributed by atoms with van der Waals surface area (Å²) in [6.07, 6.45) is 1.01. The molecule has 0 fully saturated rings. The van der Waals surface area contributed by atoms with Gasteiger partial charge in [0.25, 0.3) is 5.91 Å². The molecule has 2 N–H and O–H groups in total. The molecular formula is C17H29N3O. The standard InChI is InChI=1S/C17H29N3O/c1-4-19(5-2)11-8-12-20(6-3)17(21)16-10-7-9-15(13-16)14-18/h7,9-10,13H,4-6,8,11-12,14,18H2,1-3H3. The van der Waals surface area contributed by atoms with Gasteiger partial charge in [-0.3, -0.25) is 4.79 Å². The van der Waals surface area contributed by atoms with Gasteiger partial charge in [0.15, 0.2) is 0 Å². The van der Waals surface area contributed by atoms with Crippen molar-refractivity contribution in [3.05, 3.63) is 35.4 Å². The largest absolute Gasteiger partial charge is 0.339 e. The van der Waals surface area contributed by atoms with Gasteiger partial charge in [0.05, 0.1) is 0 Å². The van der Waals surface area contributed by atoms with Crippen molar-refractivity contribution in [1.82, 2.24) is 9.80 Å². The van der Waals surface area contributed by atoms with Crippen LogP contribution in [0.1, 0.15) is 43.1 Å². The SMILES string of the molecule is CCN(CC)CCCN(CC)C(=O)c1cccc(CN)c1. The van der Waals surface area contributed by atoms with Gasteiger partial charge in [-0.2, -0.15) is 0 Å². The topological polar surface area (TPSA) is 49.6 Å². The fraction of sp³-hybridized carbons (Fsp3) is 0.588.